The fourth-order valence-electron chi connectivity index (χ4n) is 2.43. The fraction of sp³-hybridized carbons (Fsp3) is 0.133. The van der Waals surface area contributed by atoms with E-state index in [4.69, 9.17) is 0 Å². The molecule has 2 N–H and O–H groups in total. The Balaban J connectivity index is 2.31. The van der Waals surface area contributed by atoms with Crippen LogP contribution in [0.2, 0.25) is 0 Å². The Morgan fingerprint density at radius 1 is 1.32 bits per heavy atom. The molecule has 0 aliphatic heterocycles. The predicted octanol–water partition coefficient (Wildman–Crippen LogP) is 2.03. The van der Waals surface area contributed by atoms with E-state index < -0.39 is 0 Å². The number of aromatic amines is 1. The zero-order valence-corrected chi connectivity index (χ0v) is 10.6. The van der Waals surface area contributed by atoms with Gasteiger partial charge in [-0.3, -0.25) is 4.79 Å². The molecule has 0 saturated heterocycles. The molecular formula is C15H14N2O2. The van der Waals surface area contributed by atoms with E-state index in [-0.39, 0.29) is 12.2 Å². The summed E-state index contributed by atoms with van der Waals surface area (Å²) >= 11 is 0. The second-order valence-corrected chi connectivity index (χ2v) is 4.58. The Morgan fingerprint density at radius 3 is 2.95 bits per heavy atom. The number of fused-ring (bicyclic) bond motifs is 1. The highest BCUT2D eigenvalue weighted by Gasteiger charge is 2.11. The maximum Gasteiger partial charge on any atom is 0.272 e. The Bertz CT molecular complexity index is 799. The van der Waals surface area contributed by atoms with Crippen LogP contribution in [0.5, 0.6) is 0 Å². The van der Waals surface area contributed by atoms with Gasteiger partial charge in [0.05, 0.1) is 6.61 Å². The monoisotopic (exact) mass is 254 g/mol. The fourth-order valence-corrected chi connectivity index (χ4v) is 2.43. The van der Waals surface area contributed by atoms with Crippen LogP contribution in [0.25, 0.3) is 22.0 Å². The molecule has 4 heteroatoms. The number of benzene rings is 1. The molecule has 0 bridgehead atoms. The summed E-state index contributed by atoms with van der Waals surface area (Å²) in [4.78, 5) is 14.5. The third kappa shape index (κ3) is 1.86. The van der Waals surface area contributed by atoms with E-state index in [1.165, 1.54) is 0 Å². The first kappa shape index (κ1) is 11.7. The number of rotatable bonds is 2. The van der Waals surface area contributed by atoms with Gasteiger partial charge in [0.15, 0.2) is 0 Å². The summed E-state index contributed by atoms with van der Waals surface area (Å²) in [5.41, 5.74) is 3.43. The normalized spacial score (nSPS) is 11.1. The highest BCUT2D eigenvalue weighted by atomic mass is 16.3. The SMILES string of the molecule is Cn1cc(-c2cccc(CO)c2)c2cc[nH]c(=O)c21. The van der Waals surface area contributed by atoms with Gasteiger partial charge in [-0.05, 0) is 23.3 Å². The van der Waals surface area contributed by atoms with E-state index >= 15 is 0 Å². The molecule has 0 unspecified atom stereocenters. The molecule has 19 heavy (non-hydrogen) atoms. The van der Waals surface area contributed by atoms with Crippen LogP contribution in [0.3, 0.4) is 0 Å². The van der Waals surface area contributed by atoms with Crippen LogP contribution in [0.15, 0.2) is 47.5 Å². The molecule has 0 spiro atoms. The van der Waals surface area contributed by atoms with Crippen LogP contribution in [-0.4, -0.2) is 14.7 Å². The number of aromatic nitrogens is 2. The average molecular weight is 254 g/mol. The summed E-state index contributed by atoms with van der Waals surface area (Å²) in [5.74, 6) is 0. The number of nitrogens with zero attached hydrogens (tertiary/aromatic N) is 1. The smallest absolute Gasteiger partial charge is 0.272 e. The van der Waals surface area contributed by atoms with Crippen molar-refractivity contribution in [1.29, 1.82) is 0 Å². The number of pyridine rings is 1. The Hall–Kier alpha value is -2.33. The first-order valence-electron chi connectivity index (χ1n) is 6.07. The van der Waals surface area contributed by atoms with Crippen LogP contribution < -0.4 is 5.56 Å². The molecule has 0 atom stereocenters. The maximum absolute atomic E-state index is 11.9. The number of aliphatic hydroxyl groups is 1. The molecule has 0 fully saturated rings. The topological polar surface area (TPSA) is 58.0 Å². The lowest BCUT2D eigenvalue weighted by molar-refractivity contribution is 0.282. The number of aliphatic hydroxyl groups excluding tert-OH is 1. The van der Waals surface area contributed by atoms with Gasteiger partial charge in [-0.1, -0.05) is 18.2 Å². The molecular weight excluding hydrogens is 240 g/mol. The number of hydrogen-bond donors (Lipinski definition) is 2. The summed E-state index contributed by atoms with van der Waals surface area (Å²) in [6.07, 6.45) is 3.60. The Kier molecular flexibility index (Phi) is 2.72. The van der Waals surface area contributed by atoms with Crippen LogP contribution in [0.1, 0.15) is 5.56 Å². The molecule has 2 aromatic heterocycles. The molecule has 1 aromatic carbocycles. The zero-order chi connectivity index (χ0) is 13.4. The quantitative estimate of drug-likeness (QED) is 0.735. The third-order valence-corrected chi connectivity index (χ3v) is 3.32. The van der Waals surface area contributed by atoms with E-state index in [9.17, 15) is 9.90 Å². The molecule has 2 heterocycles. The summed E-state index contributed by atoms with van der Waals surface area (Å²) in [7, 11) is 1.86. The largest absolute Gasteiger partial charge is 0.392 e. The van der Waals surface area contributed by atoms with E-state index in [2.05, 4.69) is 4.98 Å². The van der Waals surface area contributed by atoms with E-state index in [0.717, 1.165) is 22.1 Å². The molecule has 0 aliphatic rings. The van der Waals surface area contributed by atoms with Crippen molar-refractivity contribution in [3.05, 3.63) is 58.6 Å². The van der Waals surface area contributed by atoms with E-state index in [1.807, 2.05) is 48.1 Å². The molecule has 4 nitrogen and oxygen atoms in total. The number of H-pyrrole nitrogens is 1. The molecule has 3 rings (SSSR count). The highest BCUT2D eigenvalue weighted by molar-refractivity contribution is 5.95. The van der Waals surface area contributed by atoms with Crippen LogP contribution >= 0.6 is 0 Å². The Morgan fingerprint density at radius 2 is 2.16 bits per heavy atom. The van der Waals surface area contributed by atoms with Crippen LogP contribution in [-0.2, 0) is 13.7 Å². The van der Waals surface area contributed by atoms with Gasteiger partial charge >= 0.3 is 0 Å². The lowest BCUT2D eigenvalue weighted by Gasteiger charge is -2.02. The van der Waals surface area contributed by atoms with Crippen molar-refractivity contribution in [2.24, 2.45) is 7.05 Å². The Labute approximate surface area is 109 Å². The van der Waals surface area contributed by atoms with Crippen molar-refractivity contribution < 1.29 is 5.11 Å². The number of nitrogens with one attached hydrogen (secondary N) is 1. The first-order valence-corrected chi connectivity index (χ1v) is 6.07. The van der Waals surface area contributed by atoms with Gasteiger partial charge < -0.3 is 14.7 Å². The first-order chi connectivity index (χ1) is 9.20. The number of aryl methyl sites for hydroxylation is 1. The standard InChI is InChI=1S/C15H14N2O2/c1-17-8-13(11-4-2-3-10(7-11)9-18)12-5-6-16-15(19)14(12)17/h2-8,18H,9H2,1H3,(H,16,19). The second-order valence-electron chi connectivity index (χ2n) is 4.58. The lowest BCUT2D eigenvalue weighted by atomic mass is 10.0. The summed E-state index contributed by atoms with van der Waals surface area (Å²) in [6.45, 7) is 0.0131. The summed E-state index contributed by atoms with van der Waals surface area (Å²) in [5, 5.41) is 10.1. The van der Waals surface area contributed by atoms with Gasteiger partial charge in [0, 0.05) is 30.4 Å². The molecule has 0 amide bonds. The zero-order valence-electron chi connectivity index (χ0n) is 10.6. The van der Waals surface area contributed by atoms with Crippen molar-refractivity contribution in [1.82, 2.24) is 9.55 Å². The third-order valence-electron chi connectivity index (χ3n) is 3.32. The second kappa shape index (κ2) is 4.40. The minimum atomic E-state index is -0.0930. The molecule has 0 radical (unpaired) electrons. The van der Waals surface area contributed by atoms with Crippen molar-refractivity contribution >= 4 is 10.9 Å². The van der Waals surface area contributed by atoms with Gasteiger partial charge in [-0.15, -0.1) is 0 Å². The summed E-state index contributed by atoms with van der Waals surface area (Å²) < 4.78 is 1.83. The minimum Gasteiger partial charge on any atom is -0.392 e. The van der Waals surface area contributed by atoms with Gasteiger partial charge in [0.25, 0.3) is 5.56 Å². The molecule has 0 aliphatic carbocycles. The van der Waals surface area contributed by atoms with Gasteiger partial charge in [-0.25, -0.2) is 0 Å². The minimum absolute atomic E-state index is 0.0131. The summed E-state index contributed by atoms with van der Waals surface area (Å²) in [6, 6.07) is 9.61. The average Bonchev–Trinajstić information content (AvgIpc) is 2.78. The van der Waals surface area contributed by atoms with E-state index in [0.29, 0.717) is 5.52 Å². The van der Waals surface area contributed by atoms with E-state index in [1.54, 1.807) is 6.20 Å². The van der Waals surface area contributed by atoms with Gasteiger partial charge in [-0.2, -0.15) is 0 Å². The number of hydrogen-bond acceptors (Lipinski definition) is 2. The van der Waals surface area contributed by atoms with Crippen molar-refractivity contribution in [2.75, 3.05) is 0 Å². The van der Waals surface area contributed by atoms with Crippen molar-refractivity contribution in [2.45, 2.75) is 6.61 Å². The van der Waals surface area contributed by atoms with Crippen LogP contribution in [0, 0.1) is 0 Å². The maximum atomic E-state index is 11.9. The predicted molar refractivity (Wildman–Crippen MR) is 74.9 cm³/mol. The molecule has 3 aromatic rings. The van der Waals surface area contributed by atoms with Crippen molar-refractivity contribution in [3.8, 4) is 11.1 Å². The van der Waals surface area contributed by atoms with Gasteiger partial charge in [0.1, 0.15) is 5.52 Å². The van der Waals surface area contributed by atoms with Crippen molar-refractivity contribution in [3.63, 3.8) is 0 Å². The highest BCUT2D eigenvalue weighted by Crippen LogP contribution is 2.28. The molecule has 0 saturated carbocycles. The van der Waals surface area contributed by atoms with Crippen LogP contribution in [0.4, 0.5) is 0 Å². The van der Waals surface area contributed by atoms with Gasteiger partial charge in [0.2, 0.25) is 0 Å². The molecule has 96 valence electrons. The lowest BCUT2D eigenvalue weighted by Crippen LogP contribution is -2.07.